The van der Waals surface area contributed by atoms with E-state index in [4.69, 9.17) is 4.74 Å². The van der Waals surface area contributed by atoms with E-state index in [-0.39, 0.29) is 0 Å². The van der Waals surface area contributed by atoms with Gasteiger partial charge in [0.25, 0.3) is 0 Å². The minimum absolute atomic E-state index is 0.399. The number of ether oxygens (including phenoxy) is 1. The first-order valence-corrected chi connectivity index (χ1v) is 8.15. The van der Waals surface area contributed by atoms with E-state index in [0.717, 1.165) is 16.9 Å². The largest absolute Gasteiger partial charge is 0.497 e. The van der Waals surface area contributed by atoms with Crippen LogP contribution in [0.2, 0.25) is 0 Å². The molecule has 0 saturated carbocycles. The molecule has 2 aromatic rings. The lowest BCUT2D eigenvalue weighted by Crippen LogP contribution is -2.42. The van der Waals surface area contributed by atoms with E-state index < -0.39 is 11.8 Å². The monoisotopic (exact) mass is 341 g/mol. The van der Waals surface area contributed by atoms with Crippen LogP contribution in [0.5, 0.6) is 5.75 Å². The smallest absolute Gasteiger partial charge is 0.311 e. The van der Waals surface area contributed by atoms with Gasteiger partial charge in [-0.25, -0.2) is 0 Å². The number of rotatable bonds is 7. The van der Waals surface area contributed by atoms with Crippen LogP contribution in [0.1, 0.15) is 11.1 Å². The van der Waals surface area contributed by atoms with Crippen molar-refractivity contribution in [3.05, 3.63) is 59.9 Å². The molecule has 6 nitrogen and oxygen atoms in total. The Balaban J connectivity index is 1.74. The standard InChI is InChI=1S/C19H23N3O3/c1-22(13-9-15-6-10-20-11-7-15)19(24)18(23)21-12-8-16-4-3-5-17(14-16)25-2/h3-7,10-11,14H,8-9,12-13H2,1-2H3,(H,21,23). The van der Waals surface area contributed by atoms with Crippen molar-refractivity contribution in [3.8, 4) is 5.75 Å². The molecule has 0 fully saturated rings. The Kier molecular flexibility index (Phi) is 6.95. The number of amides is 2. The number of nitrogens with one attached hydrogen (secondary N) is 1. The number of nitrogens with zero attached hydrogens (tertiary/aromatic N) is 2. The molecule has 0 aliphatic heterocycles. The third kappa shape index (κ3) is 5.91. The van der Waals surface area contributed by atoms with Crippen LogP contribution in [0, 0.1) is 0 Å². The van der Waals surface area contributed by atoms with Crippen molar-refractivity contribution < 1.29 is 14.3 Å². The molecule has 1 aromatic heterocycles. The van der Waals surface area contributed by atoms with Gasteiger partial charge in [-0.1, -0.05) is 12.1 Å². The number of hydrogen-bond acceptors (Lipinski definition) is 4. The summed E-state index contributed by atoms with van der Waals surface area (Å²) in [6, 6.07) is 11.4. The molecule has 2 rings (SSSR count). The lowest BCUT2D eigenvalue weighted by molar-refractivity contribution is -0.144. The lowest BCUT2D eigenvalue weighted by Gasteiger charge is -2.16. The van der Waals surface area contributed by atoms with Crippen molar-refractivity contribution in [2.75, 3.05) is 27.2 Å². The highest BCUT2D eigenvalue weighted by atomic mass is 16.5. The molecular weight excluding hydrogens is 318 g/mol. The van der Waals surface area contributed by atoms with Crippen LogP contribution in [0.3, 0.4) is 0 Å². The number of methoxy groups -OCH3 is 1. The fourth-order valence-corrected chi connectivity index (χ4v) is 2.35. The molecular formula is C19H23N3O3. The summed E-state index contributed by atoms with van der Waals surface area (Å²) in [5.74, 6) is -0.337. The van der Waals surface area contributed by atoms with E-state index in [1.54, 1.807) is 26.6 Å². The van der Waals surface area contributed by atoms with Crippen LogP contribution in [0.4, 0.5) is 0 Å². The number of carbonyl (C=O) groups is 2. The van der Waals surface area contributed by atoms with E-state index in [1.165, 1.54) is 4.90 Å². The van der Waals surface area contributed by atoms with Gasteiger partial charge in [0.1, 0.15) is 5.75 Å². The number of benzene rings is 1. The quantitative estimate of drug-likeness (QED) is 0.774. The van der Waals surface area contributed by atoms with Gasteiger partial charge < -0.3 is 15.0 Å². The number of likely N-dealkylation sites (N-methyl/N-ethyl adjacent to an activating group) is 1. The van der Waals surface area contributed by atoms with Gasteiger partial charge in [0.15, 0.2) is 0 Å². The summed E-state index contributed by atoms with van der Waals surface area (Å²) >= 11 is 0. The highest BCUT2D eigenvalue weighted by Gasteiger charge is 2.17. The second-order valence-electron chi connectivity index (χ2n) is 5.69. The molecule has 0 unspecified atom stereocenters. The maximum absolute atomic E-state index is 12.1. The molecule has 0 spiro atoms. The summed E-state index contributed by atoms with van der Waals surface area (Å²) in [7, 11) is 3.24. The van der Waals surface area contributed by atoms with Gasteiger partial charge in [-0.15, -0.1) is 0 Å². The van der Waals surface area contributed by atoms with Crippen LogP contribution >= 0.6 is 0 Å². The molecule has 25 heavy (non-hydrogen) atoms. The molecule has 0 saturated heterocycles. The Labute approximate surface area is 147 Å². The number of carbonyl (C=O) groups excluding carboxylic acids is 2. The van der Waals surface area contributed by atoms with Crippen molar-refractivity contribution in [2.45, 2.75) is 12.8 Å². The average molecular weight is 341 g/mol. The van der Waals surface area contributed by atoms with Gasteiger partial charge in [-0.05, 0) is 48.2 Å². The van der Waals surface area contributed by atoms with Crippen molar-refractivity contribution in [3.63, 3.8) is 0 Å². The molecule has 1 heterocycles. The molecule has 0 aliphatic carbocycles. The molecule has 132 valence electrons. The van der Waals surface area contributed by atoms with E-state index in [1.807, 2.05) is 36.4 Å². The van der Waals surface area contributed by atoms with Crippen LogP contribution in [-0.4, -0.2) is 48.9 Å². The zero-order valence-electron chi connectivity index (χ0n) is 14.6. The maximum atomic E-state index is 12.1. The fraction of sp³-hybridized carbons (Fsp3) is 0.316. The number of hydrogen-bond donors (Lipinski definition) is 1. The summed E-state index contributed by atoms with van der Waals surface area (Å²) < 4.78 is 5.16. The summed E-state index contributed by atoms with van der Waals surface area (Å²) in [5.41, 5.74) is 2.12. The summed E-state index contributed by atoms with van der Waals surface area (Å²) in [5, 5.41) is 2.67. The Bertz CT molecular complexity index is 704. The predicted octanol–water partition coefficient (Wildman–Crippen LogP) is 1.45. The molecule has 0 radical (unpaired) electrons. The molecule has 0 aliphatic rings. The summed E-state index contributed by atoms with van der Waals surface area (Å²) in [4.78, 5) is 29.4. The first-order valence-electron chi connectivity index (χ1n) is 8.15. The van der Waals surface area contributed by atoms with Crippen molar-refractivity contribution in [1.29, 1.82) is 0 Å². The van der Waals surface area contributed by atoms with E-state index in [9.17, 15) is 9.59 Å². The van der Waals surface area contributed by atoms with E-state index in [2.05, 4.69) is 10.3 Å². The topological polar surface area (TPSA) is 71.5 Å². The van der Waals surface area contributed by atoms with Crippen molar-refractivity contribution in [1.82, 2.24) is 15.2 Å². The average Bonchev–Trinajstić information content (AvgIpc) is 2.66. The van der Waals surface area contributed by atoms with E-state index in [0.29, 0.717) is 25.9 Å². The van der Waals surface area contributed by atoms with Gasteiger partial charge in [0.05, 0.1) is 7.11 Å². The van der Waals surface area contributed by atoms with E-state index >= 15 is 0 Å². The third-order valence-corrected chi connectivity index (χ3v) is 3.86. The van der Waals surface area contributed by atoms with Crippen molar-refractivity contribution in [2.24, 2.45) is 0 Å². The second kappa shape index (κ2) is 9.42. The molecule has 6 heteroatoms. The first kappa shape index (κ1) is 18.4. The van der Waals surface area contributed by atoms with Gasteiger partial charge in [-0.3, -0.25) is 14.6 Å². The number of pyridine rings is 1. The van der Waals surface area contributed by atoms with Crippen molar-refractivity contribution >= 4 is 11.8 Å². The van der Waals surface area contributed by atoms with Crippen LogP contribution in [-0.2, 0) is 22.4 Å². The second-order valence-corrected chi connectivity index (χ2v) is 5.69. The van der Waals surface area contributed by atoms with Crippen LogP contribution < -0.4 is 10.1 Å². The SMILES string of the molecule is COc1cccc(CCNC(=O)C(=O)N(C)CCc2ccncc2)c1. The van der Waals surface area contributed by atoms with Gasteiger partial charge >= 0.3 is 11.8 Å². The highest BCUT2D eigenvalue weighted by molar-refractivity contribution is 6.34. The Morgan fingerprint density at radius 3 is 2.60 bits per heavy atom. The molecule has 1 aromatic carbocycles. The van der Waals surface area contributed by atoms with Crippen LogP contribution in [0.15, 0.2) is 48.8 Å². The normalized spacial score (nSPS) is 10.2. The molecule has 1 N–H and O–H groups in total. The Morgan fingerprint density at radius 1 is 1.12 bits per heavy atom. The van der Waals surface area contributed by atoms with Gasteiger partial charge in [0.2, 0.25) is 0 Å². The fourth-order valence-electron chi connectivity index (χ4n) is 2.35. The summed E-state index contributed by atoms with van der Waals surface area (Å²) in [6.07, 6.45) is 4.74. The minimum Gasteiger partial charge on any atom is -0.497 e. The Morgan fingerprint density at radius 2 is 1.88 bits per heavy atom. The zero-order chi connectivity index (χ0) is 18.1. The maximum Gasteiger partial charge on any atom is 0.311 e. The Hall–Kier alpha value is -2.89. The van der Waals surface area contributed by atoms with Crippen LogP contribution in [0.25, 0.3) is 0 Å². The molecule has 0 atom stereocenters. The van der Waals surface area contributed by atoms with Gasteiger partial charge in [0, 0.05) is 32.5 Å². The lowest BCUT2D eigenvalue weighted by atomic mass is 10.1. The molecule has 2 amide bonds. The first-order chi connectivity index (χ1) is 12.1. The molecule has 0 bridgehead atoms. The van der Waals surface area contributed by atoms with Gasteiger partial charge in [-0.2, -0.15) is 0 Å². The predicted molar refractivity (Wildman–Crippen MR) is 95.3 cm³/mol. The highest BCUT2D eigenvalue weighted by Crippen LogP contribution is 2.12. The summed E-state index contributed by atoms with van der Waals surface area (Å²) in [6.45, 7) is 0.877. The third-order valence-electron chi connectivity index (χ3n) is 3.86. The zero-order valence-corrected chi connectivity index (χ0v) is 14.6. The minimum atomic E-state index is -0.583. The number of aromatic nitrogens is 1.